The van der Waals surface area contributed by atoms with E-state index in [1.165, 1.54) is 35.2 Å². The Morgan fingerprint density at radius 3 is 2.53 bits per heavy atom. The highest BCUT2D eigenvalue weighted by Gasteiger charge is 2.34. The summed E-state index contributed by atoms with van der Waals surface area (Å²) in [6.07, 6.45) is 0.339. The molecule has 2 aromatic carbocycles. The molecule has 0 N–H and O–H groups in total. The van der Waals surface area contributed by atoms with Gasteiger partial charge in [0.25, 0.3) is 11.2 Å². The van der Waals surface area contributed by atoms with Gasteiger partial charge < -0.3 is 9.47 Å². The van der Waals surface area contributed by atoms with E-state index < -0.39 is 26.7 Å². The highest BCUT2D eigenvalue weighted by atomic mass is 35.5. The van der Waals surface area contributed by atoms with Gasteiger partial charge in [0, 0.05) is 33.4 Å². The summed E-state index contributed by atoms with van der Waals surface area (Å²) in [4.78, 5) is 28.3. The van der Waals surface area contributed by atoms with Gasteiger partial charge in [0.15, 0.2) is 0 Å². The molecule has 13 heteroatoms. The summed E-state index contributed by atoms with van der Waals surface area (Å²) in [7, 11) is -1.28. The topological polar surface area (TPSA) is 134 Å². The molecule has 3 aromatic rings. The summed E-state index contributed by atoms with van der Waals surface area (Å²) >= 11 is 5.90. The first-order valence-electron chi connectivity index (χ1n) is 11.1. The molecular formula is C23H27ClN4O7S. The minimum absolute atomic E-state index is 0.0146. The Bertz CT molecular complexity index is 1410. The number of rotatable bonds is 12. The average Bonchev–Trinajstić information content (AvgIpc) is 2.85. The molecule has 0 fully saturated rings. The lowest BCUT2D eigenvalue weighted by Gasteiger charge is -2.29. The molecule has 0 aliphatic carbocycles. The molecule has 194 valence electrons. The molecule has 0 aliphatic rings. The van der Waals surface area contributed by atoms with Crippen LogP contribution in [0.3, 0.4) is 0 Å². The van der Waals surface area contributed by atoms with E-state index in [9.17, 15) is 23.3 Å². The van der Waals surface area contributed by atoms with Crippen molar-refractivity contribution in [2.45, 2.75) is 30.8 Å². The fourth-order valence-corrected chi connectivity index (χ4v) is 5.68. The number of halogens is 1. The summed E-state index contributed by atoms with van der Waals surface area (Å²) in [5.41, 5.74) is -0.423. The monoisotopic (exact) mass is 538 g/mol. The van der Waals surface area contributed by atoms with Gasteiger partial charge >= 0.3 is 0 Å². The minimum atomic E-state index is -4.28. The van der Waals surface area contributed by atoms with Crippen LogP contribution in [0.4, 0.5) is 5.69 Å². The molecule has 1 heterocycles. The number of fused-ring (bicyclic) bond motifs is 1. The van der Waals surface area contributed by atoms with E-state index >= 15 is 0 Å². The number of hydrogen-bond acceptors (Lipinski definition) is 8. The van der Waals surface area contributed by atoms with Crippen LogP contribution in [0.5, 0.6) is 0 Å². The molecular weight excluding hydrogens is 512 g/mol. The zero-order valence-corrected chi connectivity index (χ0v) is 21.7. The number of sulfonamides is 1. The molecule has 0 aliphatic heterocycles. The number of methoxy groups -OCH3 is 2. The first-order valence-corrected chi connectivity index (χ1v) is 12.9. The van der Waals surface area contributed by atoms with E-state index in [4.69, 9.17) is 21.1 Å². The molecule has 0 radical (unpaired) electrons. The quantitative estimate of drug-likeness (QED) is 0.194. The smallest absolute Gasteiger partial charge is 0.289 e. The van der Waals surface area contributed by atoms with Gasteiger partial charge in [0.1, 0.15) is 10.8 Å². The lowest BCUT2D eigenvalue weighted by atomic mass is 10.2. The number of nitrogens with zero attached hydrogens (tertiary/aromatic N) is 4. The molecule has 1 aromatic heterocycles. The molecule has 0 amide bonds. The second-order valence-electron chi connectivity index (χ2n) is 7.95. The van der Waals surface area contributed by atoms with Gasteiger partial charge in [0.2, 0.25) is 10.0 Å². The molecule has 0 bridgehead atoms. The second kappa shape index (κ2) is 11.9. The fourth-order valence-electron chi connectivity index (χ4n) is 3.85. The Balaban J connectivity index is 2.18. The van der Waals surface area contributed by atoms with Crippen molar-refractivity contribution in [3.05, 3.63) is 73.8 Å². The summed E-state index contributed by atoms with van der Waals surface area (Å²) in [5, 5.41) is 11.6. The van der Waals surface area contributed by atoms with E-state index in [0.717, 1.165) is 6.07 Å². The SMILES string of the molecule is COCCCN(C(C)c1nc2ccccc2c(=O)n1CCOC)S(=O)(=O)c1ccc(Cl)c([N+](=O)[O-])c1. The Hall–Kier alpha value is -2.90. The number of aromatic nitrogens is 2. The third-order valence-electron chi connectivity index (χ3n) is 5.66. The molecule has 0 saturated heterocycles. The van der Waals surface area contributed by atoms with Gasteiger partial charge in [-0.3, -0.25) is 19.5 Å². The van der Waals surface area contributed by atoms with E-state index in [1.807, 2.05) is 0 Å². The molecule has 11 nitrogen and oxygen atoms in total. The van der Waals surface area contributed by atoms with Crippen LogP contribution in [0, 0.1) is 10.1 Å². The highest BCUT2D eigenvalue weighted by molar-refractivity contribution is 7.89. The third-order valence-corrected chi connectivity index (χ3v) is 7.95. The van der Waals surface area contributed by atoms with Crippen molar-refractivity contribution < 1.29 is 22.8 Å². The molecule has 1 atom stereocenters. The van der Waals surface area contributed by atoms with Gasteiger partial charge in [-0.25, -0.2) is 13.4 Å². The predicted octanol–water partition coefficient (Wildman–Crippen LogP) is 3.39. The average molecular weight is 539 g/mol. The van der Waals surface area contributed by atoms with Crippen LogP contribution in [0.15, 0.2) is 52.2 Å². The first kappa shape index (κ1) is 27.7. The van der Waals surface area contributed by atoms with E-state index in [1.54, 1.807) is 31.2 Å². The Labute approximate surface area is 213 Å². The lowest BCUT2D eigenvalue weighted by Crippen LogP contribution is -2.39. The maximum absolute atomic E-state index is 13.8. The van der Waals surface area contributed by atoms with Crippen LogP contribution in [-0.2, 0) is 26.0 Å². The van der Waals surface area contributed by atoms with E-state index in [0.29, 0.717) is 17.3 Å². The van der Waals surface area contributed by atoms with E-state index in [-0.39, 0.29) is 47.6 Å². The minimum Gasteiger partial charge on any atom is -0.385 e. The molecule has 0 saturated carbocycles. The van der Waals surface area contributed by atoms with Crippen LogP contribution in [0.2, 0.25) is 5.02 Å². The zero-order chi connectivity index (χ0) is 26.5. The Morgan fingerprint density at radius 1 is 1.17 bits per heavy atom. The Kier molecular flexibility index (Phi) is 9.14. The standard InChI is InChI=1S/C23H27ClN4O7S/c1-16(22-25-20-8-5-4-7-18(20)23(29)26(22)12-14-35-3)27(11-6-13-34-2)36(32,33)17-9-10-19(24)21(15-17)28(30)31/h4-5,7-10,15-16H,6,11-14H2,1-3H3. The normalized spacial score (nSPS) is 12.8. The summed E-state index contributed by atoms with van der Waals surface area (Å²) < 4.78 is 40.4. The van der Waals surface area contributed by atoms with Crippen molar-refractivity contribution in [1.29, 1.82) is 0 Å². The number of nitro groups is 1. The summed E-state index contributed by atoms with van der Waals surface area (Å²) in [6.45, 7) is 2.28. The van der Waals surface area contributed by atoms with Crippen LogP contribution in [0.25, 0.3) is 10.9 Å². The number of ether oxygens (including phenoxy) is 2. The number of para-hydroxylation sites is 1. The van der Waals surface area contributed by atoms with Crippen molar-refractivity contribution in [2.75, 3.05) is 34.0 Å². The van der Waals surface area contributed by atoms with Gasteiger partial charge in [-0.2, -0.15) is 4.31 Å². The second-order valence-corrected chi connectivity index (χ2v) is 10.2. The zero-order valence-electron chi connectivity index (χ0n) is 20.1. The van der Waals surface area contributed by atoms with E-state index in [2.05, 4.69) is 4.98 Å². The maximum Gasteiger partial charge on any atom is 0.289 e. The van der Waals surface area contributed by atoms with Gasteiger partial charge in [-0.15, -0.1) is 0 Å². The van der Waals surface area contributed by atoms with Crippen LogP contribution in [0.1, 0.15) is 25.2 Å². The molecule has 36 heavy (non-hydrogen) atoms. The van der Waals surface area contributed by atoms with Crippen LogP contribution < -0.4 is 5.56 Å². The van der Waals surface area contributed by atoms with Crippen molar-refractivity contribution in [3.8, 4) is 0 Å². The number of nitro benzene ring substituents is 1. The first-order chi connectivity index (χ1) is 17.1. The van der Waals surface area contributed by atoms with Crippen molar-refractivity contribution in [2.24, 2.45) is 0 Å². The number of hydrogen-bond donors (Lipinski definition) is 0. The van der Waals surface area contributed by atoms with Crippen molar-refractivity contribution in [1.82, 2.24) is 13.9 Å². The summed E-state index contributed by atoms with van der Waals surface area (Å²) in [5.74, 6) is 0.222. The number of benzene rings is 2. The fraction of sp³-hybridized carbons (Fsp3) is 0.391. The van der Waals surface area contributed by atoms with Crippen molar-refractivity contribution >= 4 is 38.2 Å². The van der Waals surface area contributed by atoms with Gasteiger partial charge in [-0.1, -0.05) is 23.7 Å². The van der Waals surface area contributed by atoms with Gasteiger partial charge in [-0.05, 0) is 37.6 Å². The van der Waals surface area contributed by atoms with Crippen LogP contribution in [-0.4, -0.2) is 61.2 Å². The molecule has 1 unspecified atom stereocenters. The van der Waals surface area contributed by atoms with Crippen LogP contribution >= 0.6 is 11.6 Å². The highest BCUT2D eigenvalue weighted by Crippen LogP contribution is 2.32. The predicted molar refractivity (Wildman–Crippen MR) is 135 cm³/mol. The lowest BCUT2D eigenvalue weighted by molar-refractivity contribution is -0.384. The van der Waals surface area contributed by atoms with Gasteiger partial charge in [0.05, 0.1) is 39.9 Å². The van der Waals surface area contributed by atoms with Crippen molar-refractivity contribution in [3.63, 3.8) is 0 Å². The molecule has 0 spiro atoms. The molecule has 3 rings (SSSR count). The third kappa shape index (κ3) is 5.73. The Morgan fingerprint density at radius 2 is 1.86 bits per heavy atom. The largest absolute Gasteiger partial charge is 0.385 e. The maximum atomic E-state index is 13.8. The summed E-state index contributed by atoms with van der Waals surface area (Å²) in [6, 6.07) is 9.21.